The third kappa shape index (κ3) is 7.97. The second-order valence-corrected chi connectivity index (χ2v) is 20.9. The summed E-state index contributed by atoms with van der Waals surface area (Å²) in [7, 11) is 0. The van der Waals surface area contributed by atoms with Crippen molar-refractivity contribution in [1.29, 1.82) is 0 Å². The second kappa shape index (κ2) is 17.8. The number of carbonyl (C=O) groups excluding carboxylic acids is 2. The number of fused-ring (bicyclic) bond motifs is 6. The number of benzene rings is 7. The van der Waals surface area contributed by atoms with Crippen LogP contribution in [0.1, 0.15) is 99.7 Å². The molecule has 1 saturated heterocycles. The highest BCUT2D eigenvalue weighted by Crippen LogP contribution is 2.59. The van der Waals surface area contributed by atoms with Gasteiger partial charge in [0.15, 0.2) is 0 Å². The zero-order valence-electron chi connectivity index (χ0n) is 40.1. The summed E-state index contributed by atoms with van der Waals surface area (Å²) >= 11 is 0. The number of hydrogen-bond acceptors (Lipinski definition) is 6. The summed E-state index contributed by atoms with van der Waals surface area (Å²) in [6.07, 6.45) is 2.32. The Morgan fingerprint density at radius 2 is 0.985 bits per heavy atom. The van der Waals surface area contributed by atoms with Crippen LogP contribution in [-0.2, 0) is 36.6 Å². The number of hydrogen-bond donors (Lipinski definition) is 1. The Morgan fingerprint density at radius 3 is 1.49 bits per heavy atom. The normalized spacial score (nSPS) is 19.3. The molecule has 10 rings (SSSR count). The Balaban J connectivity index is 1.17. The van der Waals surface area contributed by atoms with Crippen LogP contribution < -0.4 is 5.32 Å². The molecule has 4 atom stereocenters. The zero-order chi connectivity index (χ0) is 47.3. The van der Waals surface area contributed by atoms with E-state index in [2.05, 4.69) is 192 Å². The fourth-order valence-corrected chi connectivity index (χ4v) is 11.9. The summed E-state index contributed by atoms with van der Waals surface area (Å²) in [5.41, 5.74) is 9.15. The first kappa shape index (κ1) is 45.2. The molecule has 0 aromatic heterocycles. The van der Waals surface area contributed by atoms with Gasteiger partial charge in [0.2, 0.25) is 0 Å². The van der Waals surface area contributed by atoms with Gasteiger partial charge in [-0.1, -0.05) is 188 Å². The molecule has 6 nitrogen and oxygen atoms in total. The number of rotatable bonds is 12. The number of esters is 2. The van der Waals surface area contributed by atoms with E-state index in [1.807, 2.05) is 47.6 Å². The molecule has 7 aromatic rings. The fraction of sp³-hybridized carbons (Fsp3) is 0.290. The lowest BCUT2D eigenvalue weighted by molar-refractivity contribution is -0.163. The van der Waals surface area contributed by atoms with Crippen molar-refractivity contribution in [3.8, 4) is 22.3 Å². The van der Waals surface area contributed by atoms with Crippen molar-refractivity contribution in [3.63, 3.8) is 0 Å². The molecule has 0 amide bonds. The third-order valence-electron chi connectivity index (χ3n) is 14.3. The highest BCUT2D eigenvalue weighted by molar-refractivity contribution is 5.86. The summed E-state index contributed by atoms with van der Waals surface area (Å²) in [6.45, 7) is 11.7. The molecule has 0 spiro atoms. The molecular formula is C62H62N2O4. The molecule has 1 aliphatic heterocycles. The van der Waals surface area contributed by atoms with Gasteiger partial charge >= 0.3 is 11.9 Å². The lowest BCUT2D eigenvalue weighted by atomic mass is 9.77. The van der Waals surface area contributed by atoms with Gasteiger partial charge in [-0.2, -0.15) is 0 Å². The van der Waals surface area contributed by atoms with Crippen molar-refractivity contribution in [3.05, 3.63) is 227 Å². The van der Waals surface area contributed by atoms with Crippen molar-refractivity contribution in [1.82, 2.24) is 10.2 Å². The van der Waals surface area contributed by atoms with Crippen molar-refractivity contribution in [2.24, 2.45) is 5.92 Å². The number of nitrogens with one attached hydrogen (secondary N) is 1. The maximum atomic E-state index is 15.3. The zero-order valence-corrected chi connectivity index (χ0v) is 40.1. The largest absolute Gasteiger partial charge is 0.459 e. The van der Waals surface area contributed by atoms with Crippen LogP contribution in [0, 0.1) is 5.92 Å². The van der Waals surface area contributed by atoms with E-state index in [4.69, 9.17) is 9.47 Å². The average Bonchev–Trinajstić information content (AvgIpc) is 3.95. The first-order valence-corrected chi connectivity index (χ1v) is 24.4. The molecule has 0 bridgehead atoms. The SMILES string of the molecule is CC(C)(C)OC(=O)[C@H](CCC1[C@@H](Cc2ccccc2)C[C@@H](C(=O)OC(C)(C)C)N1C1(c2ccccc2)c2ccccc2-c2ccccc21)NC1(c2ccccc2)c2ccccc2-c2ccccc21. The van der Waals surface area contributed by atoms with Gasteiger partial charge < -0.3 is 9.47 Å². The molecule has 2 aliphatic carbocycles. The summed E-state index contributed by atoms with van der Waals surface area (Å²) in [5, 5.41) is 4.11. The highest BCUT2D eigenvalue weighted by atomic mass is 16.6. The molecule has 68 heavy (non-hydrogen) atoms. The predicted molar refractivity (Wildman–Crippen MR) is 272 cm³/mol. The van der Waals surface area contributed by atoms with Crippen molar-refractivity contribution >= 4 is 11.9 Å². The number of carbonyl (C=O) groups is 2. The molecule has 0 radical (unpaired) electrons. The van der Waals surface area contributed by atoms with E-state index < -0.39 is 34.4 Å². The van der Waals surface area contributed by atoms with Gasteiger partial charge in [-0.3, -0.25) is 19.8 Å². The van der Waals surface area contributed by atoms with E-state index in [0.717, 1.165) is 62.1 Å². The van der Waals surface area contributed by atoms with Crippen LogP contribution in [0.5, 0.6) is 0 Å². The quantitative estimate of drug-likeness (QED) is 0.123. The van der Waals surface area contributed by atoms with E-state index in [1.54, 1.807) is 0 Å². The Labute approximate surface area is 402 Å². The molecule has 1 fully saturated rings. The maximum absolute atomic E-state index is 15.3. The van der Waals surface area contributed by atoms with Crippen LogP contribution in [0.4, 0.5) is 0 Å². The lowest BCUT2D eigenvalue weighted by Crippen LogP contribution is -2.57. The van der Waals surface area contributed by atoms with Gasteiger partial charge in [-0.25, -0.2) is 0 Å². The second-order valence-electron chi connectivity index (χ2n) is 20.9. The van der Waals surface area contributed by atoms with Crippen LogP contribution in [0.15, 0.2) is 188 Å². The summed E-state index contributed by atoms with van der Waals surface area (Å²) in [5.74, 6) is -0.540. The predicted octanol–water partition coefficient (Wildman–Crippen LogP) is 12.7. The summed E-state index contributed by atoms with van der Waals surface area (Å²) in [4.78, 5) is 33.0. The van der Waals surface area contributed by atoms with Crippen molar-refractivity contribution < 1.29 is 19.1 Å². The standard InChI is InChI=1S/C62H62N2O4/c1-59(2,3)67-57(65)54(63-61(44-26-12-8-13-27-44)50-34-20-16-30-46(50)47-31-17-21-35-51(47)61)38-39-55-43(40-42-24-10-7-11-25-42)41-56(58(66)68-60(4,5)6)64(55)62(45-28-14-9-15-29-45)52-36-22-18-32-48(52)49-33-19-23-37-53(49)62/h7-37,43,54-56,63H,38-41H2,1-6H3/t43-,54-,55?,56-/m0/s1. The molecule has 7 aromatic carbocycles. The lowest BCUT2D eigenvalue weighted by Gasteiger charge is -2.48. The summed E-state index contributed by atoms with van der Waals surface area (Å²) < 4.78 is 12.9. The molecule has 3 aliphatic rings. The minimum atomic E-state index is -0.879. The first-order chi connectivity index (χ1) is 32.8. The Hall–Kier alpha value is -6.60. The van der Waals surface area contributed by atoms with Crippen molar-refractivity contribution in [2.45, 2.75) is 108 Å². The monoisotopic (exact) mass is 898 g/mol. The minimum absolute atomic E-state index is 0.00531. The van der Waals surface area contributed by atoms with E-state index in [9.17, 15) is 0 Å². The molecule has 1 heterocycles. The van der Waals surface area contributed by atoms with Gasteiger partial charge in [0, 0.05) is 6.04 Å². The van der Waals surface area contributed by atoms with Crippen LogP contribution in [0.2, 0.25) is 0 Å². The van der Waals surface area contributed by atoms with E-state index in [0.29, 0.717) is 19.3 Å². The first-order valence-electron chi connectivity index (χ1n) is 24.4. The number of nitrogens with zero attached hydrogens (tertiary/aromatic N) is 1. The number of ether oxygens (including phenoxy) is 2. The van der Waals surface area contributed by atoms with Crippen LogP contribution >= 0.6 is 0 Å². The van der Waals surface area contributed by atoms with Crippen LogP contribution in [0.3, 0.4) is 0 Å². The number of likely N-dealkylation sites (tertiary alicyclic amines) is 1. The highest BCUT2D eigenvalue weighted by Gasteiger charge is 2.59. The van der Waals surface area contributed by atoms with Crippen LogP contribution in [-0.4, -0.2) is 46.2 Å². The third-order valence-corrected chi connectivity index (χ3v) is 14.3. The van der Waals surface area contributed by atoms with Gasteiger partial charge in [0.05, 0.1) is 11.1 Å². The topological polar surface area (TPSA) is 67.9 Å². The van der Waals surface area contributed by atoms with E-state index >= 15 is 9.59 Å². The Morgan fingerprint density at radius 1 is 0.559 bits per heavy atom. The minimum Gasteiger partial charge on any atom is -0.459 e. The van der Waals surface area contributed by atoms with Crippen LogP contribution in [0.25, 0.3) is 22.3 Å². The fourth-order valence-electron chi connectivity index (χ4n) is 11.9. The molecule has 0 saturated carbocycles. The van der Waals surface area contributed by atoms with E-state index in [1.165, 1.54) is 5.56 Å². The summed E-state index contributed by atoms with van der Waals surface area (Å²) in [6, 6.07) is 64.8. The molecule has 344 valence electrons. The molecule has 1 unspecified atom stereocenters. The maximum Gasteiger partial charge on any atom is 0.323 e. The average molecular weight is 899 g/mol. The Kier molecular flexibility index (Phi) is 11.8. The van der Waals surface area contributed by atoms with E-state index in [-0.39, 0.29) is 23.9 Å². The van der Waals surface area contributed by atoms with Gasteiger partial charge in [0.25, 0.3) is 0 Å². The smallest absolute Gasteiger partial charge is 0.323 e. The van der Waals surface area contributed by atoms with Gasteiger partial charge in [-0.05, 0) is 134 Å². The molecule has 1 N–H and O–H groups in total. The van der Waals surface area contributed by atoms with Gasteiger partial charge in [0.1, 0.15) is 23.3 Å². The Bertz CT molecular complexity index is 2840. The molecule has 6 heteroatoms. The van der Waals surface area contributed by atoms with Crippen molar-refractivity contribution in [2.75, 3.05) is 0 Å². The van der Waals surface area contributed by atoms with Gasteiger partial charge in [-0.15, -0.1) is 0 Å². The molecular weight excluding hydrogens is 837 g/mol.